The van der Waals surface area contributed by atoms with E-state index in [4.69, 9.17) is 0 Å². The normalized spacial score (nSPS) is 14.9. The molecule has 0 aliphatic carbocycles. The lowest BCUT2D eigenvalue weighted by Gasteiger charge is -2.25. The summed E-state index contributed by atoms with van der Waals surface area (Å²) in [4.78, 5) is 28.9. The van der Waals surface area contributed by atoms with E-state index in [2.05, 4.69) is 24.1 Å². The first kappa shape index (κ1) is 23.3. The van der Waals surface area contributed by atoms with E-state index in [9.17, 15) is 18.0 Å². The van der Waals surface area contributed by atoms with Crippen molar-refractivity contribution >= 4 is 38.7 Å². The summed E-state index contributed by atoms with van der Waals surface area (Å²) < 4.78 is 26.0. The first-order valence-corrected chi connectivity index (χ1v) is 13.2. The number of carbonyl (C=O) groups is 2. The second-order valence-corrected chi connectivity index (χ2v) is 10.8. The highest BCUT2D eigenvalue weighted by atomic mass is 32.2. The monoisotopic (exact) mass is 469 g/mol. The zero-order valence-electron chi connectivity index (χ0n) is 19.5. The molecule has 0 saturated heterocycles. The molecule has 2 aromatic carbocycles. The number of anilines is 3. The summed E-state index contributed by atoms with van der Waals surface area (Å²) in [7, 11) is -3.61. The van der Waals surface area contributed by atoms with E-state index in [1.54, 1.807) is 17.0 Å². The number of sulfone groups is 1. The minimum Gasteiger partial charge on any atom is -0.372 e. The first-order valence-electron chi connectivity index (χ1n) is 11.6. The molecule has 2 aromatic rings. The van der Waals surface area contributed by atoms with E-state index in [-0.39, 0.29) is 28.9 Å². The number of aryl methyl sites for hydroxylation is 2. The molecule has 0 spiro atoms. The van der Waals surface area contributed by atoms with Crippen LogP contribution in [-0.4, -0.2) is 45.6 Å². The highest BCUT2D eigenvalue weighted by Crippen LogP contribution is 2.38. The van der Waals surface area contributed by atoms with Gasteiger partial charge in [-0.1, -0.05) is 0 Å². The minimum atomic E-state index is -3.61. The summed E-state index contributed by atoms with van der Waals surface area (Å²) in [5.74, 6) is -0.471. The minimum absolute atomic E-state index is 0.106. The zero-order chi connectivity index (χ0) is 23.8. The Morgan fingerprint density at radius 1 is 1.06 bits per heavy atom. The Labute approximate surface area is 195 Å². The number of hydrogen-bond acceptors (Lipinski definition) is 5. The van der Waals surface area contributed by atoms with Crippen molar-refractivity contribution in [2.45, 2.75) is 51.3 Å². The van der Waals surface area contributed by atoms with Gasteiger partial charge in [0.25, 0.3) is 0 Å². The van der Waals surface area contributed by atoms with Gasteiger partial charge in [-0.05, 0) is 80.6 Å². The molecule has 0 aromatic heterocycles. The molecule has 7 nitrogen and oxygen atoms in total. The van der Waals surface area contributed by atoms with Gasteiger partial charge in [0, 0.05) is 43.9 Å². The summed E-state index contributed by atoms with van der Waals surface area (Å²) in [6, 6.07) is 9.24. The van der Waals surface area contributed by atoms with E-state index >= 15 is 0 Å². The van der Waals surface area contributed by atoms with Crippen molar-refractivity contribution < 1.29 is 18.0 Å². The van der Waals surface area contributed by atoms with E-state index in [0.717, 1.165) is 41.2 Å². The lowest BCUT2D eigenvalue weighted by Crippen LogP contribution is -2.32. The average molecular weight is 470 g/mol. The van der Waals surface area contributed by atoms with Crippen LogP contribution in [0.4, 0.5) is 17.1 Å². The third kappa shape index (κ3) is 4.62. The van der Waals surface area contributed by atoms with Crippen LogP contribution in [0.3, 0.4) is 0 Å². The summed E-state index contributed by atoms with van der Waals surface area (Å²) in [6.45, 7) is 8.54. The summed E-state index contributed by atoms with van der Waals surface area (Å²) >= 11 is 0. The van der Waals surface area contributed by atoms with Crippen LogP contribution < -0.4 is 15.1 Å². The van der Waals surface area contributed by atoms with Gasteiger partial charge in [0.2, 0.25) is 11.8 Å². The predicted octanol–water partition coefficient (Wildman–Crippen LogP) is 3.48. The van der Waals surface area contributed by atoms with E-state index in [0.29, 0.717) is 31.5 Å². The Morgan fingerprint density at radius 2 is 1.76 bits per heavy atom. The van der Waals surface area contributed by atoms with Gasteiger partial charge in [-0.25, -0.2) is 8.42 Å². The van der Waals surface area contributed by atoms with Gasteiger partial charge in [0.1, 0.15) is 0 Å². The first-order chi connectivity index (χ1) is 15.7. The Bertz CT molecular complexity index is 1200. The van der Waals surface area contributed by atoms with Gasteiger partial charge in [0.15, 0.2) is 9.84 Å². The van der Waals surface area contributed by atoms with Crippen LogP contribution in [0.25, 0.3) is 0 Å². The smallest absolute Gasteiger partial charge is 0.227 e. The lowest BCUT2D eigenvalue weighted by atomic mass is 10.00. The van der Waals surface area contributed by atoms with Crippen LogP contribution in [-0.2, 0) is 32.3 Å². The second kappa shape index (κ2) is 9.17. The van der Waals surface area contributed by atoms with Crippen LogP contribution in [0.5, 0.6) is 0 Å². The number of benzene rings is 2. The number of carbonyl (C=O) groups excluding carboxylic acids is 2. The van der Waals surface area contributed by atoms with E-state index in [1.165, 1.54) is 0 Å². The summed E-state index contributed by atoms with van der Waals surface area (Å²) in [6.07, 6.45) is 1.52. The van der Waals surface area contributed by atoms with Crippen molar-refractivity contribution in [1.29, 1.82) is 0 Å². The molecule has 0 saturated carbocycles. The van der Waals surface area contributed by atoms with Crippen molar-refractivity contribution in [3.05, 3.63) is 47.0 Å². The standard InChI is InChI=1S/C25H31N3O4S/c1-4-27(5-2)20-7-8-22(17(3)14-20)26-23(29)11-13-33(31,32)21-15-18-6-9-24(30)28-12-10-19(16-21)25(18)28/h7-8,14-16H,4-6,9-13H2,1-3H3,(H,26,29). The number of rotatable bonds is 8. The zero-order valence-corrected chi connectivity index (χ0v) is 20.3. The van der Waals surface area contributed by atoms with Crippen molar-refractivity contribution in [2.75, 3.05) is 40.5 Å². The molecule has 176 valence electrons. The van der Waals surface area contributed by atoms with Crippen LogP contribution in [0.2, 0.25) is 0 Å². The van der Waals surface area contributed by atoms with Gasteiger partial charge < -0.3 is 15.1 Å². The van der Waals surface area contributed by atoms with Gasteiger partial charge >= 0.3 is 0 Å². The Hall–Kier alpha value is -2.87. The maximum Gasteiger partial charge on any atom is 0.227 e. The van der Waals surface area contributed by atoms with Gasteiger partial charge in [0.05, 0.1) is 16.3 Å². The second-order valence-electron chi connectivity index (χ2n) is 8.67. The highest BCUT2D eigenvalue weighted by molar-refractivity contribution is 7.91. The fourth-order valence-corrected chi connectivity index (χ4v) is 6.07. The van der Waals surface area contributed by atoms with Crippen molar-refractivity contribution in [3.63, 3.8) is 0 Å². The molecule has 2 aliphatic heterocycles. The predicted molar refractivity (Wildman–Crippen MR) is 131 cm³/mol. The molecule has 33 heavy (non-hydrogen) atoms. The van der Waals surface area contributed by atoms with Crippen molar-refractivity contribution in [2.24, 2.45) is 0 Å². The molecule has 0 unspecified atom stereocenters. The fraction of sp³-hybridized carbons (Fsp3) is 0.440. The molecule has 0 bridgehead atoms. The van der Waals surface area contributed by atoms with Crippen molar-refractivity contribution in [1.82, 2.24) is 0 Å². The topological polar surface area (TPSA) is 86.8 Å². The molecular formula is C25H31N3O4S. The summed E-state index contributed by atoms with van der Waals surface area (Å²) in [5.41, 5.74) is 5.45. The third-order valence-corrected chi connectivity index (χ3v) is 8.29. The summed E-state index contributed by atoms with van der Waals surface area (Å²) in [5, 5.41) is 2.85. The molecule has 0 radical (unpaired) electrons. The van der Waals surface area contributed by atoms with Gasteiger partial charge in [-0.2, -0.15) is 0 Å². The fourth-order valence-electron chi connectivity index (χ4n) is 4.74. The molecule has 0 atom stereocenters. The number of nitrogens with zero attached hydrogens (tertiary/aromatic N) is 2. The van der Waals surface area contributed by atoms with Crippen LogP contribution in [0.1, 0.15) is 43.4 Å². The molecular weight excluding hydrogens is 438 g/mol. The number of amides is 2. The number of hydrogen-bond donors (Lipinski definition) is 1. The molecule has 2 aliphatic rings. The van der Waals surface area contributed by atoms with Crippen molar-refractivity contribution in [3.8, 4) is 0 Å². The highest BCUT2D eigenvalue weighted by Gasteiger charge is 2.33. The Balaban J connectivity index is 1.43. The Kier molecular flexibility index (Phi) is 6.47. The maximum absolute atomic E-state index is 13.0. The van der Waals surface area contributed by atoms with Gasteiger partial charge in [-0.3, -0.25) is 9.59 Å². The molecule has 0 fully saturated rings. The molecule has 2 amide bonds. The SMILES string of the molecule is CCN(CC)c1ccc(NC(=O)CCS(=O)(=O)c2cc3c4c(c2)CCN4C(=O)CC3)c(C)c1. The average Bonchev–Trinajstić information content (AvgIpc) is 3.23. The van der Waals surface area contributed by atoms with Crippen LogP contribution in [0, 0.1) is 6.92 Å². The van der Waals surface area contributed by atoms with Crippen LogP contribution in [0.15, 0.2) is 35.2 Å². The third-order valence-electron chi connectivity index (χ3n) is 6.59. The quantitative estimate of drug-likeness (QED) is 0.640. The maximum atomic E-state index is 13.0. The molecule has 8 heteroatoms. The molecule has 1 N–H and O–H groups in total. The van der Waals surface area contributed by atoms with Gasteiger partial charge in [-0.15, -0.1) is 0 Å². The van der Waals surface area contributed by atoms with E-state index in [1.807, 2.05) is 25.1 Å². The molecule has 4 rings (SSSR count). The lowest BCUT2D eigenvalue weighted by molar-refractivity contribution is -0.119. The molecule has 2 heterocycles. The Morgan fingerprint density at radius 3 is 2.42 bits per heavy atom. The number of nitrogens with one attached hydrogen (secondary N) is 1. The largest absolute Gasteiger partial charge is 0.372 e. The van der Waals surface area contributed by atoms with E-state index < -0.39 is 9.84 Å². The van der Waals surface area contributed by atoms with Crippen LogP contribution >= 0.6 is 0 Å².